The molecule has 3 aliphatic rings. The summed E-state index contributed by atoms with van der Waals surface area (Å²) < 4.78 is 26.3. The summed E-state index contributed by atoms with van der Waals surface area (Å²) in [5.74, 6) is -0.508. The smallest absolute Gasteiger partial charge is 0.257 e. The van der Waals surface area contributed by atoms with Crippen molar-refractivity contribution in [3.05, 3.63) is 58.8 Å². The van der Waals surface area contributed by atoms with E-state index in [0.29, 0.717) is 31.9 Å². The Balaban J connectivity index is 1.50. The molecule has 11 heteroatoms. The Morgan fingerprint density at radius 1 is 1.13 bits per heavy atom. The average molecular weight is 530 g/mol. The maximum Gasteiger partial charge on any atom is 0.257 e. The zero-order valence-electron chi connectivity index (χ0n) is 22.2. The molecular formula is C27H37F2N7O2. The van der Waals surface area contributed by atoms with Gasteiger partial charge in [-0.3, -0.25) is 19.6 Å². The Labute approximate surface area is 222 Å². The van der Waals surface area contributed by atoms with E-state index in [1.807, 2.05) is 43.1 Å². The monoisotopic (exact) mass is 529 g/mol. The lowest BCUT2D eigenvalue weighted by molar-refractivity contribution is -0.147. The van der Waals surface area contributed by atoms with E-state index in [0.717, 1.165) is 12.1 Å². The Kier molecular flexibility index (Phi) is 9.11. The summed E-state index contributed by atoms with van der Waals surface area (Å²) in [5, 5.41) is 15.2. The number of allylic oxidation sites excluding steroid dienone is 1. The second kappa shape index (κ2) is 12.5. The zero-order chi connectivity index (χ0) is 27.2. The summed E-state index contributed by atoms with van der Waals surface area (Å²) in [4.78, 5) is 28.1. The van der Waals surface area contributed by atoms with Gasteiger partial charge in [0.15, 0.2) is 0 Å². The van der Waals surface area contributed by atoms with Crippen LogP contribution in [-0.2, 0) is 22.7 Å². The highest BCUT2D eigenvalue weighted by Crippen LogP contribution is 2.32. The number of halogens is 2. The van der Waals surface area contributed by atoms with Gasteiger partial charge in [-0.1, -0.05) is 37.3 Å². The number of hydrogen-bond donors (Lipinski definition) is 2. The summed E-state index contributed by atoms with van der Waals surface area (Å²) in [5.41, 5.74) is 3.93. The number of benzene rings is 1. The maximum absolute atomic E-state index is 13.5. The van der Waals surface area contributed by atoms with Crippen molar-refractivity contribution in [3.63, 3.8) is 0 Å². The topological polar surface area (TPSA) is 83.5 Å². The highest BCUT2D eigenvalue weighted by atomic mass is 19.3. The fourth-order valence-corrected chi connectivity index (χ4v) is 5.07. The molecule has 0 spiro atoms. The Hall–Kier alpha value is -3.31. The third-order valence-corrected chi connectivity index (χ3v) is 7.11. The van der Waals surface area contributed by atoms with Gasteiger partial charge in [-0.15, -0.1) is 0 Å². The summed E-state index contributed by atoms with van der Waals surface area (Å²) in [6.45, 7) is 6.54. The molecule has 206 valence electrons. The molecule has 1 aromatic rings. The van der Waals surface area contributed by atoms with E-state index in [-0.39, 0.29) is 36.9 Å². The normalized spacial score (nSPS) is 20.2. The van der Waals surface area contributed by atoms with Crippen LogP contribution in [0, 0.1) is 5.92 Å². The Bertz CT molecular complexity index is 1080. The van der Waals surface area contributed by atoms with Crippen molar-refractivity contribution in [1.29, 1.82) is 0 Å². The van der Waals surface area contributed by atoms with Gasteiger partial charge >= 0.3 is 0 Å². The predicted octanol–water partition coefficient (Wildman–Crippen LogP) is 1.80. The first-order chi connectivity index (χ1) is 18.3. The summed E-state index contributed by atoms with van der Waals surface area (Å²) in [6, 6.07) is 7.71. The molecule has 38 heavy (non-hydrogen) atoms. The first-order valence-corrected chi connectivity index (χ1v) is 13.1. The maximum atomic E-state index is 13.5. The van der Waals surface area contributed by atoms with Crippen LogP contribution in [-0.4, -0.2) is 96.7 Å². The SMILES string of the molecule is CCNCCNC(=O)CN(CC(=O)N(C)N1Cc2ccccc2C1)C1=CC2C(C=NN2CC(F)F)C=C1C. The van der Waals surface area contributed by atoms with Gasteiger partial charge in [-0.05, 0) is 36.2 Å². The Morgan fingerprint density at radius 2 is 1.84 bits per heavy atom. The third-order valence-electron chi connectivity index (χ3n) is 7.11. The highest BCUT2D eigenvalue weighted by molar-refractivity contribution is 5.82. The van der Waals surface area contributed by atoms with Gasteiger partial charge in [-0.2, -0.15) is 5.10 Å². The fraction of sp³-hybridized carbons (Fsp3) is 0.519. The largest absolute Gasteiger partial charge is 0.353 e. The van der Waals surface area contributed by atoms with Crippen LogP contribution in [0.5, 0.6) is 0 Å². The van der Waals surface area contributed by atoms with E-state index in [4.69, 9.17) is 0 Å². The minimum atomic E-state index is -2.52. The molecule has 0 saturated carbocycles. The standard InChI is InChI=1S/C27H37F2N7O2/c1-4-30-9-10-31-26(37)17-34(18-27(38)33(3)35-14-20-7-5-6-8-21(20)15-35)23-12-24-22(11-19(23)2)13-32-36(24)16-25(28)29/h5-8,11-13,22,24-25,30H,4,9-10,14-18H2,1-3H3,(H,31,37). The molecule has 1 aromatic carbocycles. The number of carbonyl (C=O) groups is 2. The average Bonchev–Trinajstić information content (AvgIpc) is 3.48. The summed E-state index contributed by atoms with van der Waals surface area (Å²) >= 11 is 0. The molecule has 4 rings (SSSR count). The van der Waals surface area contributed by atoms with E-state index in [1.165, 1.54) is 16.1 Å². The van der Waals surface area contributed by atoms with Crippen molar-refractivity contribution in [2.75, 3.05) is 46.3 Å². The number of hydrazone groups is 1. The number of hydrazine groups is 1. The molecule has 2 heterocycles. The molecule has 9 nitrogen and oxygen atoms in total. The molecule has 2 unspecified atom stereocenters. The van der Waals surface area contributed by atoms with Crippen molar-refractivity contribution in [2.45, 2.75) is 39.4 Å². The number of hydrogen-bond acceptors (Lipinski definition) is 7. The highest BCUT2D eigenvalue weighted by Gasteiger charge is 2.35. The molecule has 0 radical (unpaired) electrons. The molecule has 2 atom stereocenters. The molecule has 0 bridgehead atoms. The van der Waals surface area contributed by atoms with Crippen molar-refractivity contribution in [1.82, 2.24) is 30.6 Å². The van der Waals surface area contributed by atoms with Crippen LogP contribution in [0.2, 0.25) is 0 Å². The van der Waals surface area contributed by atoms with Crippen LogP contribution >= 0.6 is 0 Å². The molecule has 0 fully saturated rings. The van der Waals surface area contributed by atoms with Crippen LogP contribution in [0.4, 0.5) is 8.78 Å². The molecule has 0 saturated heterocycles. The number of amides is 2. The van der Waals surface area contributed by atoms with E-state index in [1.54, 1.807) is 23.2 Å². The van der Waals surface area contributed by atoms with E-state index >= 15 is 0 Å². The third kappa shape index (κ3) is 6.57. The molecule has 0 aromatic heterocycles. The van der Waals surface area contributed by atoms with Crippen LogP contribution in [0.25, 0.3) is 0 Å². The number of nitrogens with one attached hydrogen (secondary N) is 2. The van der Waals surface area contributed by atoms with Gasteiger partial charge in [0.2, 0.25) is 5.91 Å². The first-order valence-electron chi connectivity index (χ1n) is 13.1. The molecule has 2 aliphatic heterocycles. The fourth-order valence-electron chi connectivity index (χ4n) is 5.07. The van der Waals surface area contributed by atoms with Crippen molar-refractivity contribution >= 4 is 18.0 Å². The quantitative estimate of drug-likeness (QED) is 0.402. The minimum Gasteiger partial charge on any atom is -0.353 e. The van der Waals surface area contributed by atoms with Gasteiger partial charge in [0, 0.05) is 51.1 Å². The van der Waals surface area contributed by atoms with Gasteiger partial charge in [0.05, 0.1) is 25.7 Å². The van der Waals surface area contributed by atoms with Crippen LogP contribution in [0.3, 0.4) is 0 Å². The summed E-state index contributed by atoms with van der Waals surface area (Å²) in [7, 11) is 1.74. The molecule has 2 N–H and O–H groups in total. The zero-order valence-corrected chi connectivity index (χ0v) is 22.2. The number of fused-ring (bicyclic) bond motifs is 2. The number of nitrogens with zero attached hydrogens (tertiary/aromatic N) is 5. The van der Waals surface area contributed by atoms with Crippen LogP contribution < -0.4 is 10.6 Å². The van der Waals surface area contributed by atoms with E-state index in [2.05, 4.69) is 27.9 Å². The second-order valence-corrected chi connectivity index (χ2v) is 9.82. The minimum absolute atomic E-state index is 0.0317. The summed E-state index contributed by atoms with van der Waals surface area (Å²) in [6.07, 6.45) is 2.98. The van der Waals surface area contributed by atoms with E-state index < -0.39 is 13.0 Å². The van der Waals surface area contributed by atoms with Crippen molar-refractivity contribution in [2.24, 2.45) is 11.0 Å². The number of likely N-dealkylation sites (N-methyl/N-ethyl adjacent to an activating group) is 2. The number of carbonyl (C=O) groups excluding carboxylic acids is 2. The van der Waals surface area contributed by atoms with Crippen molar-refractivity contribution in [3.8, 4) is 0 Å². The van der Waals surface area contributed by atoms with Crippen LogP contribution in [0.1, 0.15) is 25.0 Å². The molecular weight excluding hydrogens is 492 g/mol. The molecule has 1 aliphatic carbocycles. The number of alkyl halides is 2. The lowest BCUT2D eigenvalue weighted by atomic mass is 9.90. The van der Waals surface area contributed by atoms with Gasteiger partial charge in [-0.25, -0.2) is 13.8 Å². The van der Waals surface area contributed by atoms with Crippen molar-refractivity contribution < 1.29 is 18.4 Å². The van der Waals surface area contributed by atoms with Crippen LogP contribution in [0.15, 0.2) is 52.8 Å². The van der Waals surface area contributed by atoms with Gasteiger partial charge in [0.25, 0.3) is 12.3 Å². The first kappa shape index (κ1) is 27.7. The Morgan fingerprint density at radius 3 is 2.50 bits per heavy atom. The van der Waals surface area contributed by atoms with Gasteiger partial charge < -0.3 is 15.5 Å². The number of rotatable bonds is 12. The predicted molar refractivity (Wildman–Crippen MR) is 142 cm³/mol. The second-order valence-electron chi connectivity index (χ2n) is 9.82. The van der Waals surface area contributed by atoms with Gasteiger partial charge in [0.1, 0.15) is 0 Å². The molecule has 2 amide bonds. The lowest BCUT2D eigenvalue weighted by Gasteiger charge is -2.35. The lowest BCUT2D eigenvalue weighted by Crippen LogP contribution is -2.48. The van der Waals surface area contributed by atoms with E-state index in [9.17, 15) is 18.4 Å².